The van der Waals surface area contributed by atoms with Crippen LogP contribution in [0, 0.1) is 6.92 Å². The maximum Gasteiger partial charge on any atom is 0.273 e. The largest absolute Gasteiger partial charge is 0.454 e. The lowest BCUT2D eigenvalue weighted by atomic mass is 10.3. The van der Waals surface area contributed by atoms with Gasteiger partial charge in [-0.05, 0) is 19.1 Å². The maximum absolute atomic E-state index is 12.1. The molecule has 1 aliphatic rings. The Hall–Kier alpha value is -3.08. The zero-order chi connectivity index (χ0) is 17.4. The van der Waals surface area contributed by atoms with Crippen LogP contribution in [0.5, 0.6) is 11.5 Å². The van der Waals surface area contributed by atoms with Gasteiger partial charge in [0.15, 0.2) is 11.5 Å². The zero-order valence-electron chi connectivity index (χ0n) is 13.0. The lowest BCUT2D eigenvalue weighted by Gasteiger charge is -2.05. The Morgan fingerprint density at radius 3 is 3.08 bits per heavy atom. The first kappa shape index (κ1) is 15.4. The topological polar surface area (TPSA) is 124 Å². The number of rotatable bonds is 4. The molecule has 10 nitrogen and oxygen atoms in total. The second-order valence-electron chi connectivity index (χ2n) is 5.16. The van der Waals surface area contributed by atoms with Gasteiger partial charge in [-0.3, -0.25) is 14.6 Å². The minimum atomic E-state index is -0.322. The third-order valence-electron chi connectivity index (χ3n) is 3.40. The van der Waals surface area contributed by atoms with E-state index in [1.807, 2.05) is 0 Å². The number of anilines is 1. The lowest BCUT2D eigenvalue weighted by Crippen LogP contribution is -2.16. The number of aromatic amines is 1. The predicted octanol–water partition coefficient (Wildman–Crippen LogP) is 0.581. The third-order valence-corrected chi connectivity index (χ3v) is 4.32. The molecular formula is C14H12N6O4S. The van der Waals surface area contributed by atoms with E-state index in [9.17, 15) is 9.59 Å². The van der Waals surface area contributed by atoms with Gasteiger partial charge < -0.3 is 14.8 Å². The van der Waals surface area contributed by atoms with E-state index in [1.54, 1.807) is 25.1 Å². The summed E-state index contributed by atoms with van der Waals surface area (Å²) in [6.45, 7) is 1.76. The van der Waals surface area contributed by atoms with E-state index in [0.29, 0.717) is 28.0 Å². The molecule has 0 atom stereocenters. The Morgan fingerprint density at radius 1 is 1.36 bits per heavy atom. The van der Waals surface area contributed by atoms with E-state index in [-0.39, 0.29) is 29.8 Å². The molecule has 2 aromatic heterocycles. The molecule has 3 aromatic rings. The molecule has 2 N–H and O–H groups in total. The van der Waals surface area contributed by atoms with Crippen molar-refractivity contribution >= 4 is 29.1 Å². The summed E-state index contributed by atoms with van der Waals surface area (Å²) < 4.78 is 11.9. The molecule has 0 unspecified atom stereocenters. The summed E-state index contributed by atoms with van der Waals surface area (Å²) >= 11 is 1.16. The Labute approximate surface area is 144 Å². The highest BCUT2D eigenvalue weighted by atomic mass is 32.2. The van der Waals surface area contributed by atoms with Crippen LogP contribution >= 0.6 is 11.8 Å². The first-order valence-corrected chi connectivity index (χ1v) is 8.23. The van der Waals surface area contributed by atoms with E-state index in [4.69, 9.17) is 9.47 Å². The van der Waals surface area contributed by atoms with Crippen LogP contribution in [0.1, 0.15) is 5.69 Å². The van der Waals surface area contributed by atoms with Gasteiger partial charge in [-0.15, -0.1) is 10.2 Å². The molecule has 0 spiro atoms. The quantitative estimate of drug-likeness (QED) is 0.648. The summed E-state index contributed by atoms with van der Waals surface area (Å²) in [7, 11) is 0. The number of fused-ring (bicyclic) bond motifs is 2. The molecule has 25 heavy (non-hydrogen) atoms. The number of aromatic nitrogens is 5. The Kier molecular flexibility index (Phi) is 3.76. The van der Waals surface area contributed by atoms with Crippen molar-refractivity contribution in [3.05, 3.63) is 34.2 Å². The number of amides is 1. The number of hydrogen-bond donors (Lipinski definition) is 2. The van der Waals surface area contributed by atoms with Crippen LogP contribution < -0.4 is 20.3 Å². The van der Waals surface area contributed by atoms with Crippen molar-refractivity contribution < 1.29 is 14.3 Å². The Bertz CT molecular complexity index is 1030. The first-order chi connectivity index (χ1) is 12.1. The smallest absolute Gasteiger partial charge is 0.273 e. The van der Waals surface area contributed by atoms with Crippen LogP contribution in [-0.2, 0) is 4.79 Å². The van der Waals surface area contributed by atoms with Crippen LogP contribution in [-0.4, -0.2) is 43.2 Å². The molecule has 1 amide bonds. The fourth-order valence-corrected chi connectivity index (χ4v) is 2.89. The van der Waals surface area contributed by atoms with E-state index in [1.165, 1.54) is 4.52 Å². The second kappa shape index (κ2) is 6.09. The van der Waals surface area contributed by atoms with Gasteiger partial charge in [0.1, 0.15) is 5.69 Å². The average molecular weight is 360 g/mol. The fourth-order valence-electron chi connectivity index (χ4n) is 2.21. The number of nitrogens with one attached hydrogen (secondary N) is 2. The van der Waals surface area contributed by atoms with Gasteiger partial charge in [0.2, 0.25) is 17.9 Å². The lowest BCUT2D eigenvalue weighted by molar-refractivity contribution is -0.113. The van der Waals surface area contributed by atoms with Gasteiger partial charge in [-0.25, -0.2) is 0 Å². The van der Waals surface area contributed by atoms with Gasteiger partial charge >= 0.3 is 0 Å². The van der Waals surface area contributed by atoms with Crippen molar-refractivity contribution in [2.24, 2.45) is 0 Å². The van der Waals surface area contributed by atoms with E-state index in [0.717, 1.165) is 11.8 Å². The second-order valence-corrected chi connectivity index (χ2v) is 6.10. The number of hydrogen-bond acceptors (Lipinski definition) is 8. The number of aryl methyl sites for hydroxylation is 1. The average Bonchev–Trinajstić information content (AvgIpc) is 3.20. The molecule has 0 radical (unpaired) electrons. The van der Waals surface area contributed by atoms with Gasteiger partial charge in [-0.1, -0.05) is 11.8 Å². The monoisotopic (exact) mass is 360 g/mol. The summed E-state index contributed by atoms with van der Waals surface area (Å²) in [4.78, 5) is 26.2. The van der Waals surface area contributed by atoms with Crippen molar-refractivity contribution in [3.8, 4) is 11.5 Å². The first-order valence-electron chi connectivity index (χ1n) is 7.25. The van der Waals surface area contributed by atoms with Crippen molar-refractivity contribution in [1.82, 2.24) is 24.8 Å². The highest BCUT2D eigenvalue weighted by Crippen LogP contribution is 2.34. The SMILES string of the molecule is Cc1nn2c(SCC(=O)Nc3ccc4c(c3)OCO4)nnc2[nH]c1=O. The summed E-state index contributed by atoms with van der Waals surface area (Å²) in [5.74, 6) is 1.36. The highest BCUT2D eigenvalue weighted by molar-refractivity contribution is 7.99. The molecule has 1 aromatic carbocycles. The van der Waals surface area contributed by atoms with Crippen LogP contribution in [0.2, 0.25) is 0 Å². The molecule has 128 valence electrons. The fraction of sp³-hybridized carbons (Fsp3) is 0.214. The van der Waals surface area contributed by atoms with Gasteiger partial charge in [0.25, 0.3) is 11.3 Å². The highest BCUT2D eigenvalue weighted by Gasteiger charge is 2.15. The predicted molar refractivity (Wildman–Crippen MR) is 88.1 cm³/mol. The molecule has 0 saturated heterocycles. The Balaban J connectivity index is 1.44. The normalized spacial score (nSPS) is 12.5. The minimum Gasteiger partial charge on any atom is -0.454 e. The van der Waals surface area contributed by atoms with E-state index in [2.05, 4.69) is 25.6 Å². The molecule has 3 heterocycles. The Morgan fingerprint density at radius 2 is 2.20 bits per heavy atom. The van der Waals surface area contributed by atoms with E-state index >= 15 is 0 Å². The van der Waals surface area contributed by atoms with Crippen molar-refractivity contribution in [2.75, 3.05) is 17.9 Å². The number of carbonyl (C=O) groups is 1. The molecular weight excluding hydrogens is 348 g/mol. The number of ether oxygens (including phenoxy) is 2. The number of thioether (sulfide) groups is 1. The maximum atomic E-state index is 12.1. The van der Waals surface area contributed by atoms with Crippen LogP contribution in [0.15, 0.2) is 28.2 Å². The van der Waals surface area contributed by atoms with Gasteiger partial charge in [0.05, 0.1) is 5.75 Å². The standard InChI is InChI=1S/C14H12N6O4S/c1-7-12(22)16-13-17-18-14(20(13)19-7)25-5-11(21)15-8-2-3-9-10(4-8)24-6-23-9/h2-4H,5-6H2,1H3,(H,15,21)(H,16,17,22). The third kappa shape index (κ3) is 3.01. The van der Waals surface area contributed by atoms with Crippen LogP contribution in [0.3, 0.4) is 0 Å². The molecule has 0 saturated carbocycles. The van der Waals surface area contributed by atoms with Crippen molar-refractivity contribution in [3.63, 3.8) is 0 Å². The number of nitrogens with zero attached hydrogens (tertiary/aromatic N) is 4. The number of H-pyrrole nitrogens is 1. The van der Waals surface area contributed by atoms with Gasteiger partial charge in [-0.2, -0.15) is 9.61 Å². The summed E-state index contributed by atoms with van der Waals surface area (Å²) in [6, 6.07) is 5.17. The molecule has 11 heteroatoms. The van der Waals surface area contributed by atoms with Crippen LogP contribution in [0.25, 0.3) is 5.78 Å². The summed E-state index contributed by atoms with van der Waals surface area (Å²) in [6.07, 6.45) is 0. The summed E-state index contributed by atoms with van der Waals surface area (Å²) in [5.41, 5.74) is 0.579. The summed E-state index contributed by atoms with van der Waals surface area (Å²) in [5, 5.41) is 15.0. The molecule has 0 aliphatic carbocycles. The van der Waals surface area contributed by atoms with E-state index < -0.39 is 0 Å². The molecule has 0 fully saturated rings. The molecule has 1 aliphatic heterocycles. The zero-order valence-corrected chi connectivity index (χ0v) is 13.8. The van der Waals surface area contributed by atoms with Crippen molar-refractivity contribution in [1.29, 1.82) is 0 Å². The molecule has 4 rings (SSSR count). The van der Waals surface area contributed by atoms with Crippen molar-refractivity contribution in [2.45, 2.75) is 12.1 Å². The van der Waals surface area contributed by atoms with Crippen LogP contribution in [0.4, 0.5) is 5.69 Å². The minimum absolute atomic E-state index is 0.106. The number of benzene rings is 1. The number of carbonyl (C=O) groups excluding carboxylic acids is 1. The molecule has 0 bridgehead atoms. The van der Waals surface area contributed by atoms with Gasteiger partial charge in [0, 0.05) is 11.8 Å².